The van der Waals surface area contributed by atoms with Crippen molar-refractivity contribution in [3.8, 4) is 27.9 Å². The molecule has 0 fully saturated rings. The molecule has 1 amide bonds. The molecule has 232 valence electrons. The summed E-state index contributed by atoms with van der Waals surface area (Å²) in [6.07, 6.45) is -4.83. The number of nitrogens with zero attached hydrogens (tertiary/aromatic N) is 3. The van der Waals surface area contributed by atoms with Gasteiger partial charge in [0.1, 0.15) is 16.3 Å². The second-order valence-electron chi connectivity index (χ2n) is 10.2. The van der Waals surface area contributed by atoms with E-state index in [0.717, 1.165) is 17.8 Å². The maximum Gasteiger partial charge on any atom is 0.417 e. The Balaban J connectivity index is 1.33. The molecule has 3 aromatic carbocycles. The molecule has 47 heavy (non-hydrogen) atoms. The Kier molecular flexibility index (Phi) is 8.76. The van der Waals surface area contributed by atoms with E-state index in [2.05, 4.69) is 15.3 Å². The Labute approximate surface area is 274 Å². The van der Waals surface area contributed by atoms with E-state index in [0.29, 0.717) is 38.3 Å². The average Bonchev–Trinajstić information content (AvgIpc) is 3.62. The zero-order valence-electron chi connectivity index (χ0n) is 24.0. The van der Waals surface area contributed by atoms with Crippen LogP contribution in [0.1, 0.15) is 32.3 Å². The molecule has 6 rings (SSSR count). The topological polar surface area (TPSA) is 116 Å². The van der Waals surface area contributed by atoms with Gasteiger partial charge in [0, 0.05) is 16.6 Å². The minimum absolute atomic E-state index is 0.0463. The van der Waals surface area contributed by atoms with Crippen molar-refractivity contribution in [2.24, 2.45) is 0 Å². The molecule has 1 atom stereocenters. The van der Waals surface area contributed by atoms with Gasteiger partial charge in [0.25, 0.3) is 0 Å². The van der Waals surface area contributed by atoms with Crippen LogP contribution in [0.3, 0.4) is 0 Å². The number of benzene rings is 3. The third-order valence-corrected chi connectivity index (χ3v) is 9.27. The molecule has 0 aliphatic carbocycles. The van der Waals surface area contributed by atoms with E-state index in [1.54, 1.807) is 102 Å². The second kappa shape index (κ2) is 13.1. The Hall–Kier alpha value is -5.51. The van der Waals surface area contributed by atoms with Crippen LogP contribution in [0.25, 0.3) is 32.7 Å². The van der Waals surface area contributed by atoms with Gasteiger partial charge in [-0.05, 0) is 47.3 Å². The van der Waals surface area contributed by atoms with Gasteiger partial charge in [0.05, 0.1) is 38.5 Å². The van der Waals surface area contributed by atoms with Gasteiger partial charge in [-0.2, -0.15) is 18.4 Å². The molecule has 1 unspecified atom stereocenters. The van der Waals surface area contributed by atoms with E-state index in [9.17, 15) is 33.1 Å². The van der Waals surface area contributed by atoms with Crippen molar-refractivity contribution in [2.45, 2.75) is 16.5 Å². The highest BCUT2D eigenvalue weighted by molar-refractivity contribution is 8.00. The van der Waals surface area contributed by atoms with E-state index in [1.807, 2.05) is 0 Å². The number of para-hydroxylation sites is 1. The number of carbonyl (C=O) groups excluding carboxylic acids is 1. The molecule has 6 aromatic rings. The summed E-state index contributed by atoms with van der Waals surface area (Å²) in [7, 11) is 0. The number of rotatable bonds is 8. The van der Waals surface area contributed by atoms with E-state index < -0.39 is 34.4 Å². The molecule has 2 N–H and O–H groups in total. The number of halogens is 3. The van der Waals surface area contributed by atoms with Gasteiger partial charge in [-0.1, -0.05) is 78.5 Å². The van der Waals surface area contributed by atoms with Crippen molar-refractivity contribution in [1.29, 1.82) is 5.26 Å². The maximum absolute atomic E-state index is 14.1. The van der Waals surface area contributed by atoms with Gasteiger partial charge >= 0.3 is 12.1 Å². The van der Waals surface area contributed by atoms with E-state index in [-0.39, 0.29) is 16.3 Å². The number of anilines is 1. The summed E-state index contributed by atoms with van der Waals surface area (Å²) in [4.78, 5) is 35.2. The number of alkyl halides is 3. The third kappa shape index (κ3) is 6.72. The number of thiophene rings is 1. The molecular weight excluding hydrogens is 646 g/mol. The largest absolute Gasteiger partial charge is 0.478 e. The number of amides is 1. The molecule has 0 radical (unpaired) electrons. The molecule has 7 nitrogen and oxygen atoms in total. The highest BCUT2D eigenvalue weighted by Crippen LogP contribution is 2.43. The van der Waals surface area contributed by atoms with Crippen LogP contribution in [-0.2, 0) is 11.0 Å². The average molecular weight is 667 g/mol. The first-order valence-corrected chi connectivity index (χ1v) is 15.7. The van der Waals surface area contributed by atoms with Crippen molar-refractivity contribution in [3.63, 3.8) is 0 Å². The lowest BCUT2D eigenvalue weighted by molar-refractivity contribution is -0.138. The van der Waals surface area contributed by atoms with Crippen LogP contribution in [0.15, 0.2) is 114 Å². The van der Waals surface area contributed by atoms with Crippen molar-refractivity contribution < 1.29 is 27.9 Å². The standard InChI is InChI=1S/C35H21F3N4O3S2/c36-35(37,38)26-18-29(30-11-6-16-46-30)42-33(25(26)19-39)47-31(21-7-2-1-3-8-21)32(43)40-22-14-12-20(13-15-22)28-17-24(34(44)45)23-9-4-5-10-27(23)41-28/h1-18,31H,(H,40,43)(H,44,45). The Morgan fingerprint density at radius 1 is 0.894 bits per heavy atom. The first kappa shape index (κ1) is 31.5. The van der Waals surface area contributed by atoms with Crippen LogP contribution < -0.4 is 5.32 Å². The zero-order chi connectivity index (χ0) is 33.1. The monoisotopic (exact) mass is 666 g/mol. The fraction of sp³-hybridized carbons (Fsp3) is 0.0571. The fourth-order valence-corrected chi connectivity index (χ4v) is 6.73. The summed E-state index contributed by atoms with van der Waals surface area (Å²) in [5.41, 5.74) is 0.797. The molecule has 12 heteroatoms. The normalized spacial score (nSPS) is 12.0. The maximum atomic E-state index is 14.1. The predicted octanol–water partition coefficient (Wildman–Crippen LogP) is 9.09. The van der Waals surface area contributed by atoms with Gasteiger partial charge in [0.2, 0.25) is 5.91 Å². The zero-order valence-corrected chi connectivity index (χ0v) is 25.7. The minimum atomic E-state index is -4.83. The molecule has 0 saturated heterocycles. The molecule has 0 aliphatic heterocycles. The minimum Gasteiger partial charge on any atom is -0.478 e. The SMILES string of the molecule is N#Cc1c(C(F)(F)F)cc(-c2cccs2)nc1SC(C(=O)Nc1ccc(-c2cc(C(=O)O)c3ccccc3n2)cc1)c1ccccc1. The second-order valence-corrected chi connectivity index (χ2v) is 12.2. The first-order valence-electron chi connectivity index (χ1n) is 13.9. The number of hydrogen-bond acceptors (Lipinski definition) is 7. The number of hydrogen-bond donors (Lipinski definition) is 2. The molecule has 0 spiro atoms. The van der Waals surface area contributed by atoms with Crippen molar-refractivity contribution in [3.05, 3.63) is 131 Å². The summed E-state index contributed by atoms with van der Waals surface area (Å²) in [6, 6.07) is 29.3. The van der Waals surface area contributed by atoms with Crippen molar-refractivity contribution in [2.75, 3.05) is 5.32 Å². The summed E-state index contributed by atoms with van der Waals surface area (Å²) in [5, 5.41) is 23.3. The quantitative estimate of drug-likeness (QED) is 0.156. The van der Waals surface area contributed by atoms with E-state index in [4.69, 9.17) is 0 Å². The fourth-order valence-electron chi connectivity index (χ4n) is 4.93. The smallest absolute Gasteiger partial charge is 0.417 e. The molecule has 0 saturated carbocycles. The number of pyridine rings is 2. The first-order chi connectivity index (χ1) is 22.6. The van der Waals surface area contributed by atoms with Gasteiger partial charge in [-0.25, -0.2) is 14.8 Å². The predicted molar refractivity (Wildman–Crippen MR) is 175 cm³/mol. The van der Waals surface area contributed by atoms with Crippen LogP contribution in [0.5, 0.6) is 0 Å². The van der Waals surface area contributed by atoms with Crippen molar-refractivity contribution in [1.82, 2.24) is 9.97 Å². The number of nitriles is 1. The van der Waals surface area contributed by atoms with Gasteiger partial charge in [-0.15, -0.1) is 11.3 Å². The Bertz CT molecular complexity index is 2150. The molecule has 0 aliphatic rings. The summed E-state index contributed by atoms with van der Waals surface area (Å²) >= 11 is 1.97. The molecule has 3 aromatic heterocycles. The summed E-state index contributed by atoms with van der Waals surface area (Å²) < 4.78 is 42.4. The Morgan fingerprint density at radius 2 is 1.62 bits per heavy atom. The van der Waals surface area contributed by atoms with Gasteiger partial charge < -0.3 is 10.4 Å². The van der Waals surface area contributed by atoms with Crippen LogP contribution in [-0.4, -0.2) is 27.0 Å². The lowest BCUT2D eigenvalue weighted by atomic mass is 10.0. The number of carboxylic acids is 1. The number of thioether (sulfide) groups is 1. The van der Waals surface area contributed by atoms with Crippen LogP contribution in [0, 0.1) is 11.3 Å². The number of aromatic nitrogens is 2. The summed E-state index contributed by atoms with van der Waals surface area (Å²) in [5.74, 6) is -1.64. The van der Waals surface area contributed by atoms with E-state index >= 15 is 0 Å². The van der Waals surface area contributed by atoms with Crippen LogP contribution >= 0.6 is 23.1 Å². The number of carboxylic acid groups (broad SMARTS) is 1. The van der Waals surface area contributed by atoms with Crippen LogP contribution in [0.2, 0.25) is 0 Å². The third-order valence-electron chi connectivity index (χ3n) is 7.14. The van der Waals surface area contributed by atoms with E-state index in [1.165, 1.54) is 17.4 Å². The highest BCUT2D eigenvalue weighted by atomic mass is 32.2. The van der Waals surface area contributed by atoms with Crippen LogP contribution in [0.4, 0.5) is 18.9 Å². The lowest BCUT2D eigenvalue weighted by Crippen LogP contribution is -2.19. The summed E-state index contributed by atoms with van der Waals surface area (Å²) in [6.45, 7) is 0. The number of fused-ring (bicyclic) bond motifs is 1. The Morgan fingerprint density at radius 3 is 2.28 bits per heavy atom. The van der Waals surface area contributed by atoms with Gasteiger partial charge in [-0.3, -0.25) is 4.79 Å². The van der Waals surface area contributed by atoms with Gasteiger partial charge in [0.15, 0.2) is 0 Å². The number of nitrogens with one attached hydrogen (secondary N) is 1. The number of carbonyl (C=O) groups is 2. The molecular formula is C35H21F3N4O3S2. The van der Waals surface area contributed by atoms with Crippen molar-refractivity contribution >= 4 is 51.6 Å². The number of aromatic carboxylic acids is 1. The molecule has 3 heterocycles. The molecule has 0 bridgehead atoms. The lowest BCUT2D eigenvalue weighted by Gasteiger charge is -2.19. The highest BCUT2D eigenvalue weighted by Gasteiger charge is 2.37.